The van der Waals surface area contributed by atoms with Crippen LogP contribution in [0.3, 0.4) is 0 Å². The van der Waals surface area contributed by atoms with Crippen molar-refractivity contribution in [2.45, 2.75) is 13.1 Å². The van der Waals surface area contributed by atoms with Crippen molar-refractivity contribution in [3.8, 4) is 0 Å². The second-order valence-electron chi connectivity index (χ2n) is 7.83. The van der Waals surface area contributed by atoms with Crippen LogP contribution in [-0.4, -0.2) is 58.0 Å². The average Bonchev–Trinajstić information content (AvgIpc) is 3.29. The van der Waals surface area contributed by atoms with Crippen molar-refractivity contribution in [2.75, 3.05) is 20.7 Å². The number of esters is 1. The predicted octanol–water partition coefficient (Wildman–Crippen LogP) is 2.53. The van der Waals surface area contributed by atoms with Gasteiger partial charge in [-0.25, -0.2) is 0 Å². The van der Waals surface area contributed by atoms with Crippen molar-refractivity contribution in [2.24, 2.45) is 0 Å². The number of carbonyl (C=O) groups is 3. The van der Waals surface area contributed by atoms with Crippen LogP contribution in [0, 0.1) is 0 Å². The topological polar surface area (TPSA) is 83.9 Å². The van der Waals surface area contributed by atoms with Gasteiger partial charge in [0.15, 0.2) is 5.11 Å². The minimum Gasteiger partial charge on any atom is -0.468 e. The molecule has 1 saturated heterocycles. The summed E-state index contributed by atoms with van der Waals surface area (Å²) in [6.07, 6.45) is 3.52. The van der Waals surface area contributed by atoms with Crippen LogP contribution in [-0.2, 0) is 32.2 Å². The molecule has 0 bridgehead atoms. The fourth-order valence-electron chi connectivity index (χ4n) is 3.82. The van der Waals surface area contributed by atoms with E-state index in [1.54, 1.807) is 13.1 Å². The average molecular weight is 477 g/mol. The summed E-state index contributed by atoms with van der Waals surface area (Å²) in [5, 5.41) is 4.04. The number of nitrogens with one attached hydrogen (secondary N) is 1. The number of rotatable bonds is 7. The first-order valence-electron chi connectivity index (χ1n) is 10.7. The lowest BCUT2D eigenvalue weighted by Crippen LogP contribution is -2.33. The molecule has 34 heavy (non-hydrogen) atoms. The molecular formula is C25H24N4O4S. The Labute approximate surface area is 202 Å². The minimum absolute atomic E-state index is 0.120. The van der Waals surface area contributed by atoms with Crippen LogP contribution < -0.4 is 5.32 Å². The molecule has 0 saturated carbocycles. The standard InChI is InChI=1S/C25H24N4O4S/c1-27-24(32)21(29(25(27)34)16-23(31)33-2)12-18-14-28(20-11-7-6-10-19(18)20)15-22(30)26-13-17-8-4-3-5-9-17/h3-12,14H,13,15-16H2,1-2H3,(H,26,30)/b21-12-. The number of benzene rings is 2. The molecule has 2 heterocycles. The first-order valence-corrected chi connectivity index (χ1v) is 11.1. The molecule has 2 amide bonds. The first kappa shape index (κ1) is 23.2. The van der Waals surface area contributed by atoms with Gasteiger partial charge in [-0.2, -0.15) is 0 Å². The van der Waals surface area contributed by atoms with Gasteiger partial charge in [0.2, 0.25) is 5.91 Å². The van der Waals surface area contributed by atoms with E-state index in [4.69, 9.17) is 17.0 Å². The van der Waals surface area contributed by atoms with E-state index in [9.17, 15) is 14.4 Å². The number of methoxy groups -OCH3 is 1. The van der Waals surface area contributed by atoms with Crippen LogP contribution in [0.2, 0.25) is 0 Å². The van der Waals surface area contributed by atoms with Crippen molar-refractivity contribution in [1.82, 2.24) is 19.7 Å². The summed E-state index contributed by atoms with van der Waals surface area (Å²) in [6.45, 7) is 0.392. The lowest BCUT2D eigenvalue weighted by molar-refractivity contribution is -0.140. The molecule has 0 atom stereocenters. The lowest BCUT2D eigenvalue weighted by atomic mass is 10.1. The third-order valence-corrected chi connectivity index (χ3v) is 6.10. The van der Waals surface area contributed by atoms with E-state index < -0.39 is 5.97 Å². The molecule has 2 aromatic carbocycles. The van der Waals surface area contributed by atoms with E-state index in [0.717, 1.165) is 22.0 Å². The van der Waals surface area contributed by atoms with Crippen molar-refractivity contribution >= 4 is 52.1 Å². The van der Waals surface area contributed by atoms with Gasteiger partial charge in [0.1, 0.15) is 18.8 Å². The number of carbonyl (C=O) groups excluding carboxylic acids is 3. The number of thiocarbonyl (C=S) groups is 1. The zero-order valence-electron chi connectivity index (χ0n) is 18.9. The summed E-state index contributed by atoms with van der Waals surface area (Å²) in [5.41, 5.74) is 2.88. The first-order chi connectivity index (χ1) is 16.4. The Hall–Kier alpha value is -3.98. The van der Waals surface area contributed by atoms with Crippen LogP contribution in [0.5, 0.6) is 0 Å². The molecule has 0 spiro atoms. The smallest absolute Gasteiger partial charge is 0.325 e. The van der Waals surface area contributed by atoms with Gasteiger partial charge in [-0.05, 0) is 29.9 Å². The second kappa shape index (κ2) is 9.88. The van der Waals surface area contributed by atoms with E-state index in [2.05, 4.69) is 5.32 Å². The number of aromatic nitrogens is 1. The number of fused-ring (bicyclic) bond motifs is 1. The van der Waals surface area contributed by atoms with Crippen molar-refractivity contribution in [1.29, 1.82) is 0 Å². The van der Waals surface area contributed by atoms with Gasteiger partial charge >= 0.3 is 5.97 Å². The van der Waals surface area contributed by atoms with Crippen molar-refractivity contribution < 1.29 is 19.1 Å². The Bertz CT molecular complexity index is 1300. The third-order valence-electron chi connectivity index (χ3n) is 5.61. The molecule has 174 valence electrons. The maximum atomic E-state index is 12.8. The zero-order valence-corrected chi connectivity index (χ0v) is 19.7. The summed E-state index contributed by atoms with van der Waals surface area (Å²) in [6, 6.07) is 17.3. The molecule has 0 aliphatic carbocycles. The molecule has 1 aliphatic heterocycles. The fraction of sp³-hybridized carbons (Fsp3) is 0.200. The number of para-hydroxylation sites is 1. The van der Waals surface area contributed by atoms with Gasteiger partial charge in [-0.3, -0.25) is 19.3 Å². The van der Waals surface area contributed by atoms with Gasteiger partial charge in [0.25, 0.3) is 5.91 Å². The molecule has 1 fully saturated rings. The number of ether oxygens (including phenoxy) is 1. The zero-order chi connectivity index (χ0) is 24.2. The molecular weight excluding hydrogens is 452 g/mol. The molecule has 0 radical (unpaired) electrons. The Morgan fingerprint density at radius 2 is 1.76 bits per heavy atom. The summed E-state index contributed by atoms with van der Waals surface area (Å²) >= 11 is 5.35. The Balaban J connectivity index is 1.62. The molecule has 4 rings (SSSR count). The van der Waals surface area contributed by atoms with Crippen LogP contribution in [0.15, 0.2) is 66.5 Å². The van der Waals surface area contributed by atoms with Gasteiger partial charge in [-0.15, -0.1) is 0 Å². The highest BCUT2D eigenvalue weighted by atomic mass is 32.1. The molecule has 1 aliphatic rings. The highest BCUT2D eigenvalue weighted by Crippen LogP contribution is 2.28. The summed E-state index contributed by atoms with van der Waals surface area (Å²) in [4.78, 5) is 40.2. The quantitative estimate of drug-likeness (QED) is 0.321. The van der Waals surface area contributed by atoms with E-state index >= 15 is 0 Å². The highest BCUT2D eigenvalue weighted by molar-refractivity contribution is 7.80. The van der Waals surface area contributed by atoms with Gasteiger partial charge in [0.05, 0.1) is 7.11 Å². The van der Waals surface area contributed by atoms with Crippen LogP contribution in [0.4, 0.5) is 0 Å². The number of amides is 2. The second-order valence-corrected chi connectivity index (χ2v) is 8.20. The summed E-state index contributed by atoms with van der Waals surface area (Å²) < 4.78 is 6.60. The number of hydrogen-bond acceptors (Lipinski definition) is 5. The summed E-state index contributed by atoms with van der Waals surface area (Å²) in [5.74, 6) is -0.950. The monoisotopic (exact) mass is 476 g/mol. The molecule has 9 heteroatoms. The maximum Gasteiger partial charge on any atom is 0.325 e. The van der Waals surface area contributed by atoms with Gasteiger partial charge in [-0.1, -0.05) is 48.5 Å². The predicted molar refractivity (Wildman–Crippen MR) is 132 cm³/mol. The maximum absolute atomic E-state index is 12.8. The van der Waals surface area contributed by atoms with Gasteiger partial charge < -0.3 is 19.5 Å². The molecule has 1 N–H and O–H groups in total. The van der Waals surface area contributed by atoms with E-state index in [0.29, 0.717) is 6.54 Å². The Kier molecular flexibility index (Phi) is 6.74. The Morgan fingerprint density at radius 3 is 2.50 bits per heavy atom. The third kappa shape index (κ3) is 4.69. The van der Waals surface area contributed by atoms with Crippen molar-refractivity contribution in [3.05, 3.63) is 77.6 Å². The normalized spacial score (nSPS) is 14.8. The van der Waals surface area contributed by atoms with E-state index in [-0.39, 0.29) is 35.7 Å². The van der Waals surface area contributed by atoms with Crippen LogP contribution in [0.25, 0.3) is 17.0 Å². The number of hydrogen-bond donors (Lipinski definition) is 1. The fourth-order valence-corrected chi connectivity index (χ4v) is 4.07. The minimum atomic E-state index is -0.506. The lowest BCUT2D eigenvalue weighted by Gasteiger charge is -2.16. The largest absolute Gasteiger partial charge is 0.468 e. The number of nitrogens with zero attached hydrogens (tertiary/aromatic N) is 3. The van der Waals surface area contributed by atoms with Gasteiger partial charge in [0, 0.05) is 36.3 Å². The van der Waals surface area contributed by atoms with Crippen LogP contribution in [0.1, 0.15) is 11.1 Å². The van der Waals surface area contributed by atoms with Crippen molar-refractivity contribution in [3.63, 3.8) is 0 Å². The Morgan fingerprint density at radius 1 is 1.06 bits per heavy atom. The molecule has 1 aromatic heterocycles. The molecule has 3 aromatic rings. The van der Waals surface area contributed by atoms with Crippen LogP contribution >= 0.6 is 12.2 Å². The SMILES string of the molecule is COC(=O)CN1C(=S)N(C)C(=O)/C1=C/c1cn(CC(=O)NCc2ccccc2)c2ccccc12. The van der Waals surface area contributed by atoms with E-state index in [1.165, 1.54) is 16.9 Å². The highest BCUT2D eigenvalue weighted by Gasteiger charge is 2.37. The van der Waals surface area contributed by atoms with E-state index in [1.807, 2.05) is 65.4 Å². The molecule has 0 unspecified atom stereocenters. The summed E-state index contributed by atoms with van der Waals surface area (Å²) in [7, 11) is 2.85. The molecule has 8 nitrogen and oxygen atoms in total. The number of likely N-dealkylation sites (N-methyl/N-ethyl adjacent to an activating group) is 1.